The molecule has 33 heavy (non-hydrogen) atoms. The van der Waals surface area contributed by atoms with E-state index in [1.54, 1.807) is 0 Å². The summed E-state index contributed by atoms with van der Waals surface area (Å²) in [6, 6.07) is 24.6. The fourth-order valence-electron chi connectivity index (χ4n) is 4.37. The van der Waals surface area contributed by atoms with Crippen LogP contribution in [0.5, 0.6) is 0 Å². The van der Waals surface area contributed by atoms with Crippen LogP contribution in [0.25, 0.3) is 22.0 Å². The Morgan fingerprint density at radius 2 is 1.64 bits per heavy atom. The van der Waals surface area contributed by atoms with Crippen molar-refractivity contribution in [1.29, 1.82) is 0 Å². The van der Waals surface area contributed by atoms with Crippen LogP contribution in [0.1, 0.15) is 11.1 Å². The summed E-state index contributed by atoms with van der Waals surface area (Å²) in [6.45, 7) is 6.80. The van der Waals surface area contributed by atoms with Crippen LogP contribution < -0.4 is 10.2 Å². The smallest absolute Gasteiger partial charge is 0.321 e. The molecule has 6 nitrogen and oxygen atoms in total. The lowest BCUT2D eigenvalue weighted by molar-refractivity contribution is 0.208. The zero-order valence-corrected chi connectivity index (χ0v) is 19.0. The molecule has 0 atom stereocenters. The van der Waals surface area contributed by atoms with Crippen molar-refractivity contribution >= 4 is 28.3 Å². The van der Waals surface area contributed by atoms with Gasteiger partial charge in [-0.3, -0.25) is 0 Å². The normalized spacial score (nSPS) is 13.9. The van der Waals surface area contributed by atoms with Crippen LogP contribution in [0.15, 0.2) is 72.8 Å². The summed E-state index contributed by atoms with van der Waals surface area (Å²) < 4.78 is 0. The van der Waals surface area contributed by atoms with Crippen LogP contribution in [0, 0.1) is 13.8 Å². The van der Waals surface area contributed by atoms with E-state index in [-0.39, 0.29) is 6.03 Å². The first-order valence-corrected chi connectivity index (χ1v) is 11.3. The molecule has 2 amide bonds. The molecule has 6 heteroatoms. The molecule has 5 rings (SSSR count). The second-order valence-corrected chi connectivity index (χ2v) is 8.53. The lowest BCUT2D eigenvalue weighted by atomic mass is 10.0. The number of anilines is 2. The van der Waals surface area contributed by atoms with Gasteiger partial charge in [-0.25, -0.2) is 4.79 Å². The third kappa shape index (κ3) is 4.37. The van der Waals surface area contributed by atoms with Gasteiger partial charge in [-0.15, -0.1) is 10.2 Å². The number of urea groups is 1. The number of rotatable bonds is 3. The molecule has 4 aromatic rings. The maximum Gasteiger partial charge on any atom is 0.321 e. The second-order valence-electron chi connectivity index (χ2n) is 8.53. The number of aromatic nitrogens is 2. The van der Waals surface area contributed by atoms with Crippen molar-refractivity contribution in [2.75, 3.05) is 36.4 Å². The maximum absolute atomic E-state index is 12.7. The molecule has 166 valence electrons. The molecule has 0 bridgehead atoms. The van der Waals surface area contributed by atoms with Gasteiger partial charge < -0.3 is 15.1 Å². The van der Waals surface area contributed by atoms with Gasteiger partial charge in [-0.2, -0.15) is 0 Å². The van der Waals surface area contributed by atoms with Crippen LogP contribution in [-0.2, 0) is 0 Å². The van der Waals surface area contributed by atoms with Gasteiger partial charge in [0, 0.05) is 37.4 Å². The number of carbonyl (C=O) groups excluding carboxylic acids is 1. The highest BCUT2D eigenvalue weighted by atomic mass is 16.2. The molecule has 0 saturated carbocycles. The van der Waals surface area contributed by atoms with Gasteiger partial charge in [-0.05, 0) is 48.4 Å². The molecule has 1 fully saturated rings. The number of benzene rings is 3. The number of piperazine rings is 1. The average molecular weight is 438 g/mol. The highest BCUT2D eigenvalue weighted by molar-refractivity contribution is 5.95. The van der Waals surface area contributed by atoms with E-state index in [0.717, 1.165) is 41.4 Å². The monoisotopic (exact) mass is 437 g/mol. The van der Waals surface area contributed by atoms with Crippen molar-refractivity contribution < 1.29 is 4.79 Å². The Morgan fingerprint density at radius 1 is 0.848 bits per heavy atom. The molecule has 1 aliphatic rings. The number of amides is 2. The molecule has 1 aromatic heterocycles. The number of hydrogen-bond acceptors (Lipinski definition) is 4. The van der Waals surface area contributed by atoms with Crippen molar-refractivity contribution in [3.8, 4) is 11.3 Å². The fourth-order valence-corrected chi connectivity index (χ4v) is 4.37. The minimum Gasteiger partial charge on any atom is -0.352 e. The Bertz CT molecular complexity index is 1290. The minimum absolute atomic E-state index is 0.0565. The van der Waals surface area contributed by atoms with Crippen molar-refractivity contribution in [1.82, 2.24) is 15.1 Å². The third-order valence-corrected chi connectivity index (χ3v) is 6.23. The molecular weight excluding hydrogens is 410 g/mol. The van der Waals surface area contributed by atoms with E-state index < -0.39 is 0 Å². The predicted molar refractivity (Wildman–Crippen MR) is 134 cm³/mol. The Labute approximate surface area is 193 Å². The Hall–Kier alpha value is -3.93. The molecule has 2 heterocycles. The number of hydrogen-bond donors (Lipinski definition) is 1. The number of aryl methyl sites for hydroxylation is 2. The highest BCUT2D eigenvalue weighted by Gasteiger charge is 2.22. The van der Waals surface area contributed by atoms with E-state index in [1.807, 2.05) is 48.2 Å². The molecular formula is C27H27N5O. The van der Waals surface area contributed by atoms with Crippen molar-refractivity contribution in [3.05, 3.63) is 83.9 Å². The number of fused-ring (bicyclic) bond motifs is 1. The second kappa shape index (κ2) is 8.90. The third-order valence-electron chi connectivity index (χ3n) is 6.23. The summed E-state index contributed by atoms with van der Waals surface area (Å²) in [5.41, 5.74) is 5.07. The van der Waals surface area contributed by atoms with Crippen LogP contribution in [0.4, 0.5) is 16.3 Å². The van der Waals surface area contributed by atoms with Crippen molar-refractivity contribution in [2.24, 2.45) is 0 Å². The van der Waals surface area contributed by atoms with Crippen molar-refractivity contribution in [3.63, 3.8) is 0 Å². The van der Waals surface area contributed by atoms with E-state index in [1.165, 1.54) is 16.3 Å². The highest BCUT2D eigenvalue weighted by Crippen LogP contribution is 2.27. The Morgan fingerprint density at radius 3 is 2.39 bits per heavy atom. The van der Waals surface area contributed by atoms with E-state index >= 15 is 0 Å². The van der Waals surface area contributed by atoms with Gasteiger partial charge in [0.1, 0.15) is 0 Å². The largest absolute Gasteiger partial charge is 0.352 e. The molecule has 3 aromatic carbocycles. The Balaban J connectivity index is 1.23. The summed E-state index contributed by atoms with van der Waals surface area (Å²) in [4.78, 5) is 16.8. The average Bonchev–Trinajstić information content (AvgIpc) is 2.85. The zero-order chi connectivity index (χ0) is 22.8. The fraction of sp³-hybridized carbons (Fsp3) is 0.222. The van der Waals surface area contributed by atoms with Gasteiger partial charge >= 0.3 is 6.03 Å². The molecule has 1 saturated heterocycles. The van der Waals surface area contributed by atoms with Crippen LogP contribution in [0.3, 0.4) is 0 Å². The molecule has 0 radical (unpaired) electrons. The first kappa shape index (κ1) is 20.9. The van der Waals surface area contributed by atoms with E-state index in [0.29, 0.717) is 13.1 Å². The van der Waals surface area contributed by atoms with Crippen LogP contribution >= 0.6 is 0 Å². The number of nitrogens with one attached hydrogen (secondary N) is 1. The molecule has 0 unspecified atom stereocenters. The van der Waals surface area contributed by atoms with Gasteiger partial charge in [0.25, 0.3) is 0 Å². The maximum atomic E-state index is 12.7. The summed E-state index contributed by atoms with van der Waals surface area (Å²) in [7, 11) is 0. The summed E-state index contributed by atoms with van der Waals surface area (Å²) >= 11 is 0. The lowest BCUT2D eigenvalue weighted by Gasteiger charge is -2.35. The summed E-state index contributed by atoms with van der Waals surface area (Å²) in [6.07, 6.45) is 0. The predicted octanol–water partition coefficient (Wildman–Crippen LogP) is 5.27. The summed E-state index contributed by atoms with van der Waals surface area (Å²) in [5, 5.41) is 14.4. The van der Waals surface area contributed by atoms with Gasteiger partial charge in [-0.1, -0.05) is 60.2 Å². The topological polar surface area (TPSA) is 61.4 Å². The molecule has 0 aliphatic carbocycles. The lowest BCUT2D eigenvalue weighted by Crippen LogP contribution is -2.50. The van der Waals surface area contributed by atoms with Gasteiger partial charge in [0.05, 0.1) is 5.69 Å². The molecule has 0 spiro atoms. The summed E-state index contributed by atoms with van der Waals surface area (Å²) in [5.74, 6) is 0.841. The van der Waals surface area contributed by atoms with Gasteiger partial charge in [0.2, 0.25) is 0 Å². The standard InChI is InChI=1S/C27H27N5O/c1-19-10-11-24(20(2)18-19)28-27(33)32-16-14-31(15-17-32)26-13-12-25(29-30-26)23-9-5-7-21-6-3-4-8-22(21)23/h3-13,18H,14-17H2,1-2H3,(H,28,33). The van der Waals surface area contributed by atoms with Crippen LogP contribution in [0.2, 0.25) is 0 Å². The van der Waals surface area contributed by atoms with E-state index in [9.17, 15) is 4.79 Å². The SMILES string of the molecule is Cc1ccc(NC(=O)N2CCN(c3ccc(-c4cccc5ccccc45)nn3)CC2)c(C)c1. The minimum atomic E-state index is -0.0565. The van der Waals surface area contributed by atoms with E-state index in [4.69, 9.17) is 0 Å². The van der Waals surface area contributed by atoms with Crippen molar-refractivity contribution in [2.45, 2.75) is 13.8 Å². The van der Waals surface area contributed by atoms with E-state index in [2.05, 4.69) is 63.7 Å². The molecule has 1 N–H and O–H groups in total. The number of nitrogens with zero attached hydrogens (tertiary/aromatic N) is 4. The van der Waals surface area contributed by atoms with Gasteiger partial charge in [0.15, 0.2) is 5.82 Å². The number of carbonyl (C=O) groups is 1. The molecule has 1 aliphatic heterocycles. The Kier molecular flexibility index (Phi) is 5.65. The first-order chi connectivity index (χ1) is 16.1. The first-order valence-electron chi connectivity index (χ1n) is 11.3. The zero-order valence-electron chi connectivity index (χ0n) is 19.0. The quantitative estimate of drug-likeness (QED) is 0.474. The van der Waals surface area contributed by atoms with Crippen LogP contribution in [-0.4, -0.2) is 47.3 Å².